The normalized spacial score (nSPS) is 11.5. The number of phenols is 1. The van der Waals surface area contributed by atoms with Crippen LogP contribution < -0.4 is 14.3 Å². The number of hydrogen-bond donors (Lipinski definition) is 2. The first kappa shape index (κ1) is 18.6. The summed E-state index contributed by atoms with van der Waals surface area (Å²) in [6.45, 7) is 3.61. The second kappa shape index (κ2) is 7.43. The van der Waals surface area contributed by atoms with Crippen molar-refractivity contribution in [2.24, 2.45) is 5.10 Å². The van der Waals surface area contributed by atoms with E-state index in [0.717, 1.165) is 5.56 Å². The Bertz CT molecular complexity index is 882. The first-order valence-corrected chi connectivity index (χ1v) is 8.84. The molecule has 0 fully saturated rings. The molecule has 0 saturated heterocycles. The zero-order valence-corrected chi connectivity index (χ0v) is 15.2. The number of hydrogen-bond acceptors (Lipinski definition) is 6. The summed E-state index contributed by atoms with van der Waals surface area (Å²) in [7, 11) is -0.975. The second-order valence-corrected chi connectivity index (χ2v) is 7.03. The van der Waals surface area contributed by atoms with E-state index < -0.39 is 10.0 Å². The standard InChI is InChI=1S/C17H20N2O5S/c1-11-5-6-16(12(2)7-11)25(21,22)19-18-10-13-8-14(23-3)17(20)15(9-13)24-4/h5-10,19-20H,1-4H3/b18-10+. The fraction of sp³-hybridized carbons (Fsp3) is 0.235. The van der Waals surface area contributed by atoms with Crippen LogP contribution in [-0.2, 0) is 10.0 Å². The van der Waals surface area contributed by atoms with Gasteiger partial charge in [0.15, 0.2) is 11.5 Å². The smallest absolute Gasteiger partial charge is 0.276 e. The number of phenolic OH excluding ortho intramolecular Hbond substituents is 1. The van der Waals surface area contributed by atoms with Crippen LogP contribution in [0.4, 0.5) is 0 Å². The molecule has 25 heavy (non-hydrogen) atoms. The molecule has 2 rings (SSSR count). The minimum absolute atomic E-state index is 0.141. The quantitative estimate of drug-likeness (QED) is 0.606. The van der Waals surface area contributed by atoms with Gasteiger partial charge in [-0.15, -0.1) is 0 Å². The summed E-state index contributed by atoms with van der Waals surface area (Å²) in [5.74, 6) is 0.245. The van der Waals surface area contributed by atoms with E-state index in [1.54, 1.807) is 19.1 Å². The number of methoxy groups -OCH3 is 2. The molecule has 0 saturated carbocycles. The number of sulfonamides is 1. The summed E-state index contributed by atoms with van der Waals surface area (Å²) in [6, 6.07) is 8.06. The van der Waals surface area contributed by atoms with Crippen molar-refractivity contribution in [1.82, 2.24) is 4.83 Å². The lowest BCUT2D eigenvalue weighted by Crippen LogP contribution is -2.19. The van der Waals surface area contributed by atoms with Gasteiger partial charge in [-0.05, 0) is 37.6 Å². The molecule has 7 nitrogen and oxygen atoms in total. The zero-order valence-electron chi connectivity index (χ0n) is 14.4. The van der Waals surface area contributed by atoms with E-state index in [1.165, 1.54) is 38.6 Å². The van der Waals surface area contributed by atoms with Crippen LogP contribution in [0.2, 0.25) is 0 Å². The molecule has 2 aromatic carbocycles. The Hall–Kier alpha value is -2.74. The largest absolute Gasteiger partial charge is 0.502 e. The van der Waals surface area contributed by atoms with Crippen molar-refractivity contribution in [1.29, 1.82) is 0 Å². The van der Waals surface area contributed by atoms with Crippen LogP contribution in [-0.4, -0.2) is 34.0 Å². The highest BCUT2D eigenvalue weighted by Gasteiger charge is 2.16. The molecule has 2 aromatic rings. The molecule has 0 bridgehead atoms. The van der Waals surface area contributed by atoms with Gasteiger partial charge in [0.25, 0.3) is 10.0 Å². The first-order chi connectivity index (χ1) is 11.8. The summed E-state index contributed by atoms with van der Waals surface area (Å²) >= 11 is 0. The van der Waals surface area contributed by atoms with E-state index >= 15 is 0 Å². The van der Waals surface area contributed by atoms with Crippen molar-refractivity contribution < 1.29 is 23.0 Å². The summed E-state index contributed by atoms with van der Waals surface area (Å²) in [6.07, 6.45) is 1.30. The molecule has 0 heterocycles. The van der Waals surface area contributed by atoms with Crippen LogP contribution in [0.5, 0.6) is 17.2 Å². The first-order valence-electron chi connectivity index (χ1n) is 7.35. The lowest BCUT2D eigenvalue weighted by molar-refractivity contribution is 0.340. The van der Waals surface area contributed by atoms with Crippen LogP contribution in [0.1, 0.15) is 16.7 Å². The molecule has 0 spiro atoms. The molecular formula is C17H20N2O5S. The maximum Gasteiger partial charge on any atom is 0.276 e. The molecule has 0 unspecified atom stereocenters. The van der Waals surface area contributed by atoms with E-state index in [-0.39, 0.29) is 22.1 Å². The van der Waals surface area contributed by atoms with Crippen molar-refractivity contribution >= 4 is 16.2 Å². The number of aryl methyl sites for hydroxylation is 2. The molecule has 0 aliphatic carbocycles. The molecule has 0 amide bonds. The molecule has 0 radical (unpaired) electrons. The fourth-order valence-corrected chi connectivity index (χ4v) is 3.33. The lowest BCUT2D eigenvalue weighted by Gasteiger charge is -2.09. The number of aromatic hydroxyl groups is 1. The van der Waals surface area contributed by atoms with Gasteiger partial charge >= 0.3 is 0 Å². The summed E-state index contributed by atoms with van der Waals surface area (Å²) < 4.78 is 34.8. The van der Waals surface area contributed by atoms with Crippen LogP contribution in [0, 0.1) is 13.8 Å². The Morgan fingerprint density at radius 1 is 1.08 bits per heavy atom. The molecule has 8 heteroatoms. The Morgan fingerprint density at radius 2 is 1.68 bits per heavy atom. The van der Waals surface area contributed by atoms with Crippen LogP contribution in [0.15, 0.2) is 40.3 Å². The van der Waals surface area contributed by atoms with E-state index in [1.807, 2.05) is 6.92 Å². The van der Waals surface area contributed by atoms with Crippen molar-refractivity contribution in [3.8, 4) is 17.2 Å². The third kappa shape index (κ3) is 4.21. The molecule has 0 aromatic heterocycles. The predicted octanol–water partition coefficient (Wildman–Crippen LogP) is 2.34. The van der Waals surface area contributed by atoms with Gasteiger partial charge in [-0.25, -0.2) is 4.83 Å². The van der Waals surface area contributed by atoms with Crippen molar-refractivity contribution in [2.45, 2.75) is 18.7 Å². The average molecular weight is 364 g/mol. The Balaban J connectivity index is 2.25. The molecule has 0 aliphatic heterocycles. The monoisotopic (exact) mass is 364 g/mol. The van der Waals surface area contributed by atoms with E-state index in [9.17, 15) is 13.5 Å². The van der Waals surface area contributed by atoms with Gasteiger partial charge in [0.05, 0.1) is 25.3 Å². The average Bonchev–Trinajstić information content (AvgIpc) is 2.55. The predicted molar refractivity (Wildman–Crippen MR) is 95.0 cm³/mol. The maximum absolute atomic E-state index is 12.3. The zero-order chi connectivity index (χ0) is 18.6. The minimum atomic E-state index is -3.78. The topological polar surface area (TPSA) is 97.2 Å². The molecular weight excluding hydrogens is 344 g/mol. The van der Waals surface area contributed by atoms with Gasteiger partial charge in [-0.1, -0.05) is 17.7 Å². The molecule has 0 atom stereocenters. The number of rotatable bonds is 6. The fourth-order valence-electron chi connectivity index (χ4n) is 2.31. The highest BCUT2D eigenvalue weighted by molar-refractivity contribution is 7.89. The van der Waals surface area contributed by atoms with Gasteiger partial charge in [0.2, 0.25) is 5.75 Å². The number of nitrogens with one attached hydrogen (secondary N) is 1. The summed E-state index contributed by atoms with van der Waals surface area (Å²) in [5, 5.41) is 13.6. The van der Waals surface area contributed by atoms with Crippen LogP contribution in [0.3, 0.4) is 0 Å². The van der Waals surface area contributed by atoms with Crippen molar-refractivity contribution in [2.75, 3.05) is 14.2 Å². The lowest BCUT2D eigenvalue weighted by atomic mass is 10.2. The van der Waals surface area contributed by atoms with Crippen molar-refractivity contribution in [3.05, 3.63) is 47.0 Å². The van der Waals surface area contributed by atoms with Gasteiger partial charge < -0.3 is 14.6 Å². The van der Waals surface area contributed by atoms with Gasteiger partial charge in [-0.3, -0.25) is 0 Å². The SMILES string of the molecule is COc1cc(/C=N/NS(=O)(=O)c2ccc(C)cc2C)cc(OC)c1O. The molecule has 0 aliphatic rings. The highest BCUT2D eigenvalue weighted by atomic mass is 32.2. The van der Waals surface area contributed by atoms with Gasteiger partial charge in [0, 0.05) is 5.56 Å². The minimum Gasteiger partial charge on any atom is -0.502 e. The van der Waals surface area contributed by atoms with E-state index in [0.29, 0.717) is 11.1 Å². The second-order valence-electron chi connectivity index (χ2n) is 5.40. The van der Waals surface area contributed by atoms with Crippen molar-refractivity contribution in [3.63, 3.8) is 0 Å². The molecule has 2 N–H and O–H groups in total. The summed E-state index contributed by atoms with van der Waals surface area (Å²) in [4.78, 5) is 2.33. The Labute approximate surface area is 147 Å². The summed E-state index contributed by atoms with van der Waals surface area (Å²) in [5.41, 5.74) is 2.11. The van der Waals surface area contributed by atoms with Gasteiger partial charge in [-0.2, -0.15) is 13.5 Å². The van der Waals surface area contributed by atoms with Gasteiger partial charge in [0.1, 0.15) is 0 Å². The molecule has 134 valence electrons. The number of nitrogens with zero attached hydrogens (tertiary/aromatic N) is 1. The number of benzene rings is 2. The maximum atomic E-state index is 12.3. The van der Waals surface area contributed by atoms with Crippen LogP contribution in [0.25, 0.3) is 0 Å². The Morgan fingerprint density at radius 3 is 2.20 bits per heavy atom. The van der Waals surface area contributed by atoms with E-state index in [4.69, 9.17) is 9.47 Å². The third-order valence-electron chi connectivity index (χ3n) is 3.51. The third-order valence-corrected chi connectivity index (χ3v) is 4.89. The highest BCUT2D eigenvalue weighted by Crippen LogP contribution is 2.36. The van der Waals surface area contributed by atoms with Crippen LogP contribution >= 0.6 is 0 Å². The number of hydrazone groups is 1. The van der Waals surface area contributed by atoms with E-state index in [2.05, 4.69) is 9.93 Å². The number of ether oxygens (including phenoxy) is 2. The Kier molecular flexibility index (Phi) is 5.53.